The Balaban J connectivity index is 1.54. The van der Waals surface area contributed by atoms with Gasteiger partial charge in [-0.1, -0.05) is 48.0 Å². The highest BCUT2D eigenvalue weighted by atomic mass is 32.2. The molecule has 2 aromatic rings. The summed E-state index contributed by atoms with van der Waals surface area (Å²) in [6, 6.07) is 16.2. The third kappa shape index (κ3) is 6.13. The van der Waals surface area contributed by atoms with E-state index in [1.807, 2.05) is 37.3 Å². The van der Waals surface area contributed by atoms with Crippen molar-refractivity contribution < 1.29 is 22.7 Å². The smallest absolute Gasteiger partial charge is 0.309 e. The predicted octanol–water partition coefficient (Wildman–Crippen LogP) is 1.21. The Morgan fingerprint density at radius 1 is 1.03 bits per heavy atom. The average Bonchev–Trinajstić information content (AvgIpc) is 2.78. The van der Waals surface area contributed by atoms with Gasteiger partial charge in [0.2, 0.25) is 10.0 Å². The molecule has 0 aliphatic carbocycles. The number of aryl methyl sites for hydroxylation is 1. The molecule has 1 atom stereocenters. The molecule has 0 unspecified atom stereocenters. The molecule has 0 saturated carbocycles. The summed E-state index contributed by atoms with van der Waals surface area (Å²) >= 11 is 0. The molecule has 1 fully saturated rings. The summed E-state index contributed by atoms with van der Waals surface area (Å²) in [5.74, 6) is -1.59. The number of nitrogens with one attached hydrogen (secondary N) is 2. The zero-order valence-corrected chi connectivity index (χ0v) is 18.2. The Morgan fingerprint density at radius 3 is 2.42 bits per heavy atom. The molecule has 2 aromatic carbocycles. The number of hydrogen-bond acceptors (Lipinski definition) is 5. The van der Waals surface area contributed by atoms with Gasteiger partial charge in [-0.25, -0.2) is 8.42 Å². The van der Waals surface area contributed by atoms with Crippen LogP contribution in [0.25, 0.3) is 0 Å². The van der Waals surface area contributed by atoms with E-state index in [-0.39, 0.29) is 18.0 Å². The first-order valence-electron chi connectivity index (χ1n) is 10.2. The fourth-order valence-corrected chi connectivity index (χ4v) is 4.82. The highest BCUT2D eigenvalue weighted by molar-refractivity contribution is 7.89. The summed E-state index contributed by atoms with van der Waals surface area (Å²) < 4.78 is 32.9. The van der Waals surface area contributed by atoms with Gasteiger partial charge in [0.1, 0.15) is 6.23 Å². The molecule has 0 aromatic heterocycles. The molecule has 1 heterocycles. The first kappa shape index (κ1) is 22.9. The normalized spacial score (nSPS) is 17.1. The Hall–Kier alpha value is -2.75. The van der Waals surface area contributed by atoms with Gasteiger partial charge in [0.15, 0.2) is 0 Å². The van der Waals surface area contributed by atoms with Gasteiger partial charge in [-0.2, -0.15) is 4.31 Å². The predicted molar refractivity (Wildman–Crippen MR) is 116 cm³/mol. The highest BCUT2D eigenvalue weighted by Gasteiger charge is 2.34. The zero-order chi connectivity index (χ0) is 22.3. The van der Waals surface area contributed by atoms with E-state index in [1.54, 1.807) is 24.3 Å². The van der Waals surface area contributed by atoms with E-state index in [1.165, 1.54) is 4.31 Å². The van der Waals surface area contributed by atoms with Crippen LogP contribution in [0.5, 0.6) is 0 Å². The number of nitrogens with zero attached hydrogens (tertiary/aromatic N) is 1. The minimum Gasteiger partial charge on any atom is -0.360 e. The molecule has 8 nitrogen and oxygen atoms in total. The van der Waals surface area contributed by atoms with Gasteiger partial charge in [0, 0.05) is 13.1 Å². The van der Waals surface area contributed by atoms with E-state index in [0.717, 1.165) is 11.1 Å². The molecule has 0 bridgehead atoms. The number of amides is 2. The van der Waals surface area contributed by atoms with E-state index in [2.05, 4.69) is 10.6 Å². The lowest BCUT2D eigenvalue weighted by molar-refractivity contribution is -0.140. The van der Waals surface area contributed by atoms with E-state index in [0.29, 0.717) is 26.0 Å². The molecular weight excluding hydrogens is 418 g/mol. The summed E-state index contributed by atoms with van der Waals surface area (Å²) in [5, 5.41) is 5.05. The Morgan fingerprint density at radius 2 is 1.71 bits per heavy atom. The second-order valence-electron chi connectivity index (χ2n) is 7.31. The van der Waals surface area contributed by atoms with Gasteiger partial charge in [-0.3, -0.25) is 9.59 Å². The van der Waals surface area contributed by atoms with Gasteiger partial charge < -0.3 is 15.4 Å². The molecule has 3 rings (SSSR count). The maximum atomic E-state index is 13.0. The zero-order valence-electron chi connectivity index (χ0n) is 17.4. The SMILES string of the molecule is Cc1ccc(S(=O)(=O)N2CCCO[C@@H]2CNC(=O)C(=O)NCCc2ccccc2)cc1. The van der Waals surface area contributed by atoms with Crippen LogP contribution in [0.15, 0.2) is 59.5 Å². The van der Waals surface area contributed by atoms with Crippen molar-refractivity contribution in [3.8, 4) is 0 Å². The molecule has 166 valence electrons. The minimum atomic E-state index is -3.78. The summed E-state index contributed by atoms with van der Waals surface area (Å²) in [6.45, 7) is 2.74. The molecule has 1 aliphatic rings. The quantitative estimate of drug-likeness (QED) is 0.624. The van der Waals surface area contributed by atoms with E-state index < -0.39 is 28.1 Å². The second-order valence-corrected chi connectivity index (χ2v) is 9.20. The maximum Gasteiger partial charge on any atom is 0.309 e. The van der Waals surface area contributed by atoms with Crippen molar-refractivity contribution in [1.82, 2.24) is 14.9 Å². The lowest BCUT2D eigenvalue weighted by Crippen LogP contribution is -2.53. The third-order valence-corrected chi connectivity index (χ3v) is 6.87. The van der Waals surface area contributed by atoms with Gasteiger partial charge in [-0.05, 0) is 37.5 Å². The van der Waals surface area contributed by atoms with E-state index >= 15 is 0 Å². The Kier molecular flexibility index (Phi) is 7.78. The third-order valence-electron chi connectivity index (χ3n) is 4.97. The summed E-state index contributed by atoms with van der Waals surface area (Å²) in [7, 11) is -3.78. The fraction of sp³-hybridized carbons (Fsp3) is 0.364. The Labute approximate surface area is 182 Å². The average molecular weight is 446 g/mol. The van der Waals surface area contributed by atoms with Crippen molar-refractivity contribution in [3.63, 3.8) is 0 Å². The number of carbonyl (C=O) groups is 2. The minimum absolute atomic E-state index is 0.115. The van der Waals surface area contributed by atoms with Crippen LogP contribution in [-0.4, -0.2) is 57.0 Å². The van der Waals surface area contributed by atoms with Gasteiger partial charge >= 0.3 is 11.8 Å². The number of rotatable bonds is 7. The van der Waals surface area contributed by atoms with Gasteiger partial charge in [0.05, 0.1) is 18.0 Å². The van der Waals surface area contributed by atoms with Gasteiger partial charge in [-0.15, -0.1) is 0 Å². The van der Waals surface area contributed by atoms with Crippen LogP contribution >= 0.6 is 0 Å². The topological polar surface area (TPSA) is 105 Å². The van der Waals surface area contributed by atoms with Crippen LogP contribution in [0.2, 0.25) is 0 Å². The number of ether oxygens (including phenoxy) is 1. The first-order valence-corrected chi connectivity index (χ1v) is 11.6. The number of sulfonamides is 1. The van der Waals surface area contributed by atoms with Crippen LogP contribution in [-0.2, 0) is 30.8 Å². The number of carbonyl (C=O) groups excluding carboxylic acids is 2. The highest BCUT2D eigenvalue weighted by Crippen LogP contribution is 2.22. The van der Waals surface area contributed by atoms with Crippen molar-refractivity contribution in [3.05, 3.63) is 65.7 Å². The van der Waals surface area contributed by atoms with Crippen LogP contribution < -0.4 is 10.6 Å². The largest absolute Gasteiger partial charge is 0.360 e. The molecule has 9 heteroatoms. The lowest BCUT2D eigenvalue weighted by Gasteiger charge is -2.34. The second kappa shape index (κ2) is 10.5. The molecule has 0 spiro atoms. The van der Waals surface area contributed by atoms with E-state index in [9.17, 15) is 18.0 Å². The standard InChI is InChI=1S/C22H27N3O5S/c1-17-8-10-19(11-9-17)31(28,29)25-14-5-15-30-20(25)16-24-22(27)21(26)23-13-12-18-6-3-2-4-7-18/h2-4,6-11,20H,5,12-16H2,1H3,(H,23,26)(H,24,27)/t20-/m1/s1. The summed E-state index contributed by atoms with van der Waals surface area (Å²) in [5.41, 5.74) is 2.01. The molecule has 1 saturated heterocycles. The lowest BCUT2D eigenvalue weighted by atomic mass is 10.1. The molecule has 2 amide bonds. The van der Waals surface area contributed by atoms with Crippen molar-refractivity contribution in [1.29, 1.82) is 0 Å². The molecule has 31 heavy (non-hydrogen) atoms. The van der Waals surface area contributed by atoms with Crippen molar-refractivity contribution in [2.75, 3.05) is 26.2 Å². The molecule has 1 aliphatic heterocycles. The molecular formula is C22H27N3O5S. The van der Waals surface area contributed by atoms with Crippen molar-refractivity contribution >= 4 is 21.8 Å². The Bertz CT molecular complexity index is 994. The van der Waals surface area contributed by atoms with Gasteiger partial charge in [0.25, 0.3) is 0 Å². The maximum absolute atomic E-state index is 13.0. The first-order chi connectivity index (χ1) is 14.9. The summed E-state index contributed by atoms with van der Waals surface area (Å²) in [6.07, 6.45) is 0.282. The monoisotopic (exact) mass is 445 g/mol. The van der Waals surface area contributed by atoms with Crippen molar-refractivity contribution in [2.24, 2.45) is 0 Å². The number of hydrogen-bond donors (Lipinski definition) is 2. The van der Waals surface area contributed by atoms with Crippen LogP contribution in [0.3, 0.4) is 0 Å². The van der Waals surface area contributed by atoms with Crippen LogP contribution in [0.4, 0.5) is 0 Å². The fourth-order valence-electron chi connectivity index (χ4n) is 3.25. The molecule has 0 radical (unpaired) electrons. The number of benzene rings is 2. The van der Waals surface area contributed by atoms with Crippen LogP contribution in [0, 0.1) is 6.92 Å². The summed E-state index contributed by atoms with van der Waals surface area (Å²) in [4.78, 5) is 24.4. The van der Waals surface area contributed by atoms with E-state index in [4.69, 9.17) is 4.74 Å². The van der Waals surface area contributed by atoms with Crippen molar-refractivity contribution in [2.45, 2.75) is 30.9 Å². The molecule has 2 N–H and O–H groups in total. The van der Waals surface area contributed by atoms with Crippen LogP contribution in [0.1, 0.15) is 17.5 Å².